The Morgan fingerprint density at radius 1 is 1.00 bits per heavy atom. The first-order valence-corrected chi connectivity index (χ1v) is 9.20. The molecule has 0 aliphatic heterocycles. The molecule has 0 aromatic heterocycles. The smallest absolute Gasteiger partial charge is 0.163 e. The van der Waals surface area contributed by atoms with Gasteiger partial charge in [-0.25, -0.2) is 0 Å². The first kappa shape index (κ1) is 19.9. The number of methoxy groups -OCH3 is 1. The van der Waals surface area contributed by atoms with Gasteiger partial charge in [0.2, 0.25) is 0 Å². The Hall–Kier alpha value is -1.42. The van der Waals surface area contributed by atoms with Crippen LogP contribution in [0.1, 0.15) is 31.4 Å². The van der Waals surface area contributed by atoms with Crippen LogP contribution in [-0.2, 0) is 13.2 Å². The molecule has 0 aliphatic rings. The molecule has 3 nitrogen and oxygen atoms in total. The maximum Gasteiger partial charge on any atom is 0.163 e. The molecule has 2 rings (SSSR count). The van der Waals surface area contributed by atoms with E-state index >= 15 is 0 Å². The van der Waals surface area contributed by atoms with Gasteiger partial charge in [0, 0.05) is 28.2 Å². The van der Waals surface area contributed by atoms with Crippen LogP contribution in [-0.4, -0.2) is 13.7 Å². The molecule has 0 spiro atoms. The van der Waals surface area contributed by atoms with E-state index in [-0.39, 0.29) is 0 Å². The molecule has 0 saturated carbocycles. The third kappa shape index (κ3) is 6.10. The fourth-order valence-electron chi connectivity index (χ4n) is 2.37. The first-order chi connectivity index (χ1) is 12.0. The Morgan fingerprint density at radius 3 is 2.44 bits per heavy atom. The molecule has 1 N–H and O–H groups in total. The summed E-state index contributed by atoms with van der Waals surface area (Å²) in [7, 11) is 1.63. The van der Waals surface area contributed by atoms with Gasteiger partial charge < -0.3 is 14.8 Å². The van der Waals surface area contributed by atoms with Gasteiger partial charge >= 0.3 is 0 Å². The Kier molecular flexibility index (Phi) is 7.89. The van der Waals surface area contributed by atoms with E-state index in [2.05, 4.69) is 19.2 Å². The molecule has 0 aliphatic carbocycles. The molecule has 0 bridgehead atoms. The standard InChI is InChI=1S/C20H25Cl2NO2/c1-14(2)8-9-23-12-16-10-19(24-3)20(11-18(16)22)25-13-15-6-4-5-7-17(15)21/h4-7,10-11,14,23H,8-9,12-13H2,1-3H3. The van der Waals surface area contributed by atoms with E-state index in [0.717, 1.165) is 24.1 Å². The van der Waals surface area contributed by atoms with Crippen molar-refractivity contribution in [2.75, 3.05) is 13.7 Å². The number of ether oxygens (including phenoxy) is 2. The quantitative estimate of drug-likeness (QED) is 0.563. The highest BCUT2D eigenvalue weighted by Gasteiger charge is 2.11. The second-order valence-corrected chi connectivity index (χ2v) is 7.15. The van der Waals surface area contributed by atoms with Crippen molar-refractivity contribution in [2.24, 2.45) is 5.92 Å². The van der Waals surface area contributed by atoms with Crippen molar-refractivity contribution in [3.63, 3.8) is 0 Å². The minimum atomic E-state index is 0.359. The van der Waals surface area contributed by atoms with E-state index in [4.69, 9.17) is 32.7 Å². The topological polar surface area (TPSA) is 30.5 Å². The minimum absolute atomic E-state index is 0.359. The first-order valence-electron chi connectivity index (χ1n) is 8.44. The minimum Gasteiger partial charge on any atom is -0.493 e. The molecule has 0 unspecified atom stereocenters. The monoisotopic (exact) mass is 381 g/mol. The molecular formula is C20H25Cl2NO2. The molecular weight excluding hydrogens is 357 g/mol. The van der Waals surface area contributed by atoms with Gasteiger partial charge in [0.25, 0.3) is 0 Å². The SMILES string of the molecule is COc1cc(CNCCC(C)C)c(Cl)cc1OCc1ccccc1Cl. The Bertz CT molecular complexity index is 689. The fourth-order valence-corrected chi connectivity index (χ4v) is 2.78. The van der Waals surface area contributed by atoms with Crippen molar-refractivity contribution in [1.29, 1.82) is 0 Å². The second-order valence-electron chi connectivity index (χ2n) is 6.33. The summed E-state index contributed by atoms with van der Waals surface area (Å²) in [6, 6.07) is 11.3. The summed E-state index contributed by atoms with van der Waals surface area (Å²) in [4.78, 5) is 0. The molecule has 0 amide bonds. The lowest BCUT2D eigenvalue weighted by atomic mass is 10.1. The molecule has 0 fully saturated rings. The highest BCUT2D eigenvalue weighted by Crippen LogP contribution is 2.34. The summed E-state index contributed by atoms with van der Waals surface area (Å²) in [6.45, 7) is 6.44. The van der Waals surface area contributed by atoms with E-state index in [1.807, 2.05) is 30.3 Å². The number of rotatable bonds is 9. The Labute approximate surface area is 160 Å². The Morgan fingerprint density at radius 2 is 1.76 bits per heavy atom. The molecule has 136 valence electrons. The lowest BCUT2D eigenvalue weighted by molar-refractivity contribution is 0.284. The lowest BCUT2D eigenvalue weighted by Gasteiger charge is -2.15. The van der Waals surface area contributed by atoms with Crippen LogP contribution in [0, 0.1) is 5.92 Å². The van der Waals surface area contributed by atoms with Crippen molar-refractivity contribution < 1.29 is 9.47 Å². The molecule has 0 saturated heterocycles. The van der Waals surface area contributed by atoms with E-state index in [0.29, 0.717) is 40.6 Å². The molecule has 2 aromatic rings. The zero-order chi connectivity index (χ0) is 18.2. The number of hydrogen-bond acceptors (Lipinski definition) is 3. The summed E-state index contributed by atoms with van der Waals surface area (Å²) in [5.74, 6) is 1.95. The van der Waals surface area contributed by atoms with Gasteiger partial charge in [-0.15, -0.1) is 0 Å². The van der Waals surface area contributed by atoms with Crippen LogP contribution in [0.5, 0.6) is 11.5 Å². The highest BCUT2D eigenvalue weighted by molar-refractivity contribution is 6.31. The number of halogens is 2. The normalized spacial score (nSPS) is 11.0. The number of nitrogens with one attached hydrogen (secondary N) is 1. The summed E-state index contributed by atoms with van der Waals surface area (Å²) in [5.41, 5.74) is 1.91. The third-order valence-corrected chi connectivity index (χ3v) is 4.61. The van der Waals surface area contributed by atoms with Gasteiger partial charge in [0.05, 0.1) is 7.11 Å². The largest absolute Gasteiger partial charge is 0.493 e. The molecule has 5 heteroatoms. The van der Waals surface area contributed by atoms with Crippen LogP contribution in [0.4, 0.5) is 0 Å². The second kappa shape index (κ2) is 9.91. The maximum atomic E-state index is 6.41. The van der Waals surface area contributed by atoms with E-state index in [9.17, 15) is 0 Å². The van der Waals surface area contributed by atoms with Crippen LogP contribution in [0.3, 0.4) is 0 Å². The van der Waals surface area contributed by atoms with E-state index < -0.39 is 0 Å². The van der Waals surface area contributed by atoms with Gasteiger partial charge in [0.15, 0.2) is 11.5 Å². The number of hydrogen-bond donors (Lipinski definition) is 1. The fraction of sp³-hybridized carbons (Fsp3) is 0.400. The molecule has 0 atom stereocenters. The zero-order valence-corrected chi connectivity index (χ0v) is 16.5. The summed E-state index contributed by atoms with van der Waals surface area (Å²) in [5, 5.41) is 4.75. The van der Waals surface area contributed by atoms with Crippen LogP contribution in [0.2, 0.25) is 10.0 Å². The predicted molar refractivity (Wildman–Crippen MR) is 105 cm³/mol. The van der Waals surface area contributed by atoms with Gasteiger partial charge in [-0.05, 0) is 36.6 Å². The molecule has 2 aromatic carbocycles. The predicted octanol–water partition coefficient (Wildman–Crippen LogP) is 5.72. The maximum absolute atomic E-state index is 6.41. The van der Waals surface area contributed by atoms with Crippen molar-refractivity contribution in [3.8, 4) is 11.5 Å². The summed E-state index contributed by atoms with van der Waals surface area (Å²) >= 11 is 12.6. The van der Waals surface area contributed by atoms with E-state index in [1.54, 1.807) is 13.2 Å². The molecule has 0 radical (unpaired) electrons. The summed E-state index contributed by atoms with van der Waals surface area (Å²) in [6.07, 6.45) is 1.13. The Balaban J connectivity index is 2.04. The average molecular weight is 382 g/mol. The van der Waals surface area contributed by atoms with Crippen molar-refractivity contribution in [3.05, 3.63) is 57.6 Å². The van der Waals surface area contributed by atoms with Crippen LogP contribution < -0.4 is 14.8 Å². The van der Waals surface area contributed by atoms with Crippen molar-refractivity contribution >= 4 is 23.2 Å². The summed E-state index contributed by atoms with van der Waals surface area (Å²) < 4.78 is 11.3. The lowest BCUT2D eigenvalue weighted by Crippen LogP contribution is -2.16. The van der Waals surface area contributed by atoms with Gasteiger partial charge in [0.1, 0.15) is 6.61 Å². The molecule has 25 heavy (non-hydrogen) atoms. The highest BCUT2D eigenvalue weighted by atomic mass is 35.5. The van der Waals surface area contributed by atoms with Crippen LogP contribution in [0.15, 0.2) is 36.4 Å². The van der Waals surface area contributed by atoms with Crippen LogP contribution >= 0.6 is 23.2 Å². The van der Waals surface area contributed by atoms with Crippen molar-refractivity contribution in [2.45, 2.75) is 33.4 Å². The van der Waals surface area contributed by atoms with Gasteiger partial charge in [-0.2, -0.15) is 0 Å². The van der Waals surface area contributed by atoms with Gasteiger partial charge in [-0.3, -0.25) is 0 Å². The number of benzene rings is 2. The molecule has 0 heterocycles. The average Bonchev–Trinajstić information content (AvgIpc) is 2.59. The van der Waals surface area contributed by atoms with E-state index in [1.165, 1.54) is 0 Å². The van der Waals surface area contributed by atoms with Crippen LogP contribution in [0.25, 0.3) is 0 Å². The van der Waals surface area contributed by atoms with Gasteiger partial charge in [-0.1, -0.05) is 55.2 Å². The van der Waals surface area contributed by atoms with Crippen molar-refractivity contribution in [1.82, 2.24) is 5.32 Å². The third-order valence-electron chi connectivity index (χ3n) is 3.89. The zero-order valence-electron chi connectivity index (χ0n) is 14.9.